The van der Waals surface area contributed by atoms with Crippen molar-refractivity contribution in [2.75, 3.05) is 20.7 Å². The van der Waals surface area contributed by atoms with Gasteiger partial charge in [0.25, 0.3) is 0 Å². The number of allylic oxidation sites excluding steroid dienone is 1. The van der Waals surface area contributed by atoms with E-state index < -0.39 is 0 Å². The summed E-state index contributed by atoms with van der Waals surface area (Å²) in [6, 6.07) is 16.2. The number of likely N-dealkylation sites (N-methyl/N-ethyl adjacent to an activating group) is 1. The molecule has 0 radical (unpaired) electrons. The van der Waals surface area contributed by atoms with Crippen molar-refractivity contribution in [3.05, 3.63) is 71.8 Å². The zero-order valence-corrected chi connectivity index (χ0v) is 17.7. The van der Waals surface area contributed by atoms with Crippen molar-refractivity contribution in [3.63, 3.8) is 0 Å². The molecule has 2 aromatic rings. The standard InChI is InChI=1S/C25H31NO2/c1-25(2,3)17-10-7-11-18-26(4)19-22-15-12-16-23(24(22)27-5)28-20-21-13-8-6-9-14-21/h6-9,11-16H,18-20H2,1-5H3/b11-7+. The van der Waals surface area contributed by atoms with Crippen LogP contribution in [0.2, 0.25) is 0 Å². The van der Waals surface area contributed by atoms with Crippen LogP contribution >= 0.6 is 0 Å². The lowest BCUT2D eigenvalue weighted by molar-refractivity contribution is 0.279. The smallest absolute Gasteiger partial charge is 0.165 e. The van der Waals surface area contributed by atoms with Crippen molar-refractivity contribution in [1.29, 1.82) is 0 Å². The number of benzene rings is 2. The lowest BCUT2D eigenvalue weighted by Gasteiger charge is -2.19. The molecule has 0 aliphatic carbocycles. The molecule has 2 aromatic carbocycles. The molecule has 0 saturated carbocycles. The minimum atomic E-state index is 0.0315. The van der Waals surface area contributed by atoms with Gasteiger partial charge in [-0.15, -0.1) is 0 Å². The molecule has 0 amide bonds. The number of methoxy groups -OCH3 is 1. The average Bonchev–Trinajstić information content (AvgIpc) is 2.66. The fourth-order valence-corrected chi connectivity index (χ4v) is 2.67. The Bertz CT molecular complexity index is 823. The van der Waals surface area contributed by atoms with Gasteiger partial charge in [0.2, 0.25) is 0 Å². The average molecular weight is 378 g/mol. The molecule has 0 heterocycles. The molecule has 0 atom stereocenters. The highest BCUT2D eigenvalue weighted by atomic mass is 16.5. The molecule has 0 aliphatic rings. The van der Waals surface area contributed by atoms with Crippen molar-refractivity contribution in [3.8, 4) is 23.3 Å². The molecule has 0 spiro atoms. The van der Waals surface area contributed by atoms with Gasteiger partial charge in [-0.2, -0.15) is 0 Å². The first-order valence-corrected chi connectivity index (χ1v) is 9.58. The van der Waals surface area contributed by atoms with Crippen molar-refractivity contribution in [2.45, 2.75) is 33.9 Å². The van der Waals surface area contributed by atoms with Gasteiger partial charge in [0.15, 0.2) is 11.5 Å². The highest BCUT2D eigenvalue weighted by Crippen LogP contribution is 2.32. The second kappa shape index (κ2) is 10.6. The maximum atomic E-state index is 6.01. The Balaban J connectivity index is 1.98. The van der Waals surface area contributed by atoms with Crippen LogP contribution in [-0.2, 0) is 13.2 Å². The van der Waals surface area contributed by atoms with Gasteiger partial charge in [-0.3, -0.25) is 4.90 Å². The van der Waals surface area contributed by atoms with E-state index in [1.807, 2.05) is 36.4 Å². The molecule has 148 valence electrons. The van der Waals surface area contributed by atoms with Crippen LogP contribution in [-0.4, -0.2) is 25.6 Å². The number of hydrogen-bond donors (Lipinski definition) is 0. The maximum absolute atomic E-state index is 6.01. The first-order valence-electron chi connectivity index (χ1n) is 9.58. The first kappa shape index (κ1) is 21.6. The first-order chi connectivity index (χ1) is 13.4. The van der Waals surface area contributed by atoms with Crippen molar-refractivity contribution in [1.82, 2.24) is 4.90 Å². The van der Waals surface area contributed by atoms with Crippen LogP contribution in [0.3, 0.4) is 0 Å². The van der Waals surface area contributed by atoms with Crippen LogP contribution < -0.4 is 9.47 Å². The van der Waals surface area contributed by atoms with Crippen LogP contribution in [0.15, 0.2) is 60.7 Å². The summed E-state index contributed by atoms with van der Waals surface area (Å²) in [4.78, 5) is 2.22. The summed E-state index contributed by atoms with van der Waals surface area (Å²) in [5.41, 5.74) is 2.27. The Labute approximate surface area is 170 Å². The third kappa shape index (κ3) is 7.50. The Morgan fingerprint density at radius 2 is 1.79 bits per heavy atom. The molecule has 3 nitrogen and oxygen atoms in total. The van der Waals surface area contributed by atoms with Gasteiger partial charge in [-0.25, -0.2) is 0 Å². The van der Waals surface area contributed by atoms with Gasteiger partial charge in [-0.05, 0) is 45.5 Å². The number of para-hydroxylation sites is 1. The quantitative estimate of drug-likeness (QED) is 0.582. The lowest BCUT2D eigenvalue weighted by Crippen LogP contribution is -2.18. The zero-order valence-electron chi connectivity index (χ0n) is 17.7. The highest BCUT2D eigenvalue weighted by molar-refractivity contribution is 5.46. The molecule has 28 heavy (non-hydrogen) atoms. The van der Waals surface area contributed by atoms with Gasteiger partial charge in [-0.1, -0.05) is 60.4 Å². The fourth-order valence-electron chi connectivity index (χ4n) is 2.67. The second-order valence-corrected chi connectivity index (χ2v) is 7.84. The lowest BCUT2D eigenvalue weighted by atomic mass is 9.98. The Morgan fingerprint density at radius 3 is 2.46 bits per heavy atom. The van der Waals surface area contributed by atoms with E-state index in [1.165, 1.54) is 0 Å². The summed E-state index contributed by atoms with van der Waals surface area (Å²) < 4.78 is 11.7. The molecule has 3 heteroatoms. The fraction of sp³-hybridized carbons (Fsp3) is 0.360. The van der Waals surface area contributed by atoms with Crippen LogP contribution in [0, 0.1) is 17.3 Å². The van der Waals surface area contributed by atoms with Crippen molar-refractivity contribution in [2.24, 2.45) is 5.41 Å². The Kier molecular flexibility index (Phi) is 8.17. The largest absolute Gasteiger partial charge is 0.493 e. The third-order valence-corrected chi connectivity index (χ3v) is 4.01. The predicted octanol–water partition coefficient (Wildman–Crippen LogP) is 5.31. The van der Waals surface area contributed by atoms with Crippen LogP contribution in [0.25, 0.3) is 0 Å². The maximum Gasteiger partial charge on any atom is 0.165 e. The normalized spacial score (nSPS) is 11.4. The molecular formula is C25H31NO2. The minimum absolute atomic E-state index is 0.0315. The number of ether oxygens (including phenoxy) is 2. The SMILES string of the molecule is COc1c(CN(C)C/C=C/C#CC(C)(C)C)cccc1OCc1ccccc1. The van der Waals surface area contributed by atoms with E-state index in [2.05, 4.69) is 68.8 Å². The molecule has 0 N–H and O–H groups in total. The van der Waals surface area contributed by atoms with Crippen LogP contribution in [0.4, 0.5) is 0 Å². The van der Waals surface area contributed by atoms with E-state index in [0.717, 1.165) is 35.7 Å². The number of hydrogen-bond acceptors (Lipinski definition) is 3. The summed E-state index contributed by atoms with van der Waals surface area (Å²) in [6.07, 6.45) is 4.01. The van der Waals surface area contributed by atoms with E-state index in [-0.39, 0.29) is 5.41 Å². The van der Waals surface area contributed by atoms with E-state index in [0.29, 0.717) is 6.61 Å². The molecule has 0 aliphatic heterocycles. The van der Waals surface area contributed by atoms with Gasteiger partial charge >= 0.3 is 0 Å². The Morgan fingerprint density at radius 1 is 1.04 bits per heavy atom. The molecule has 0 aromatic heterocycles. The van der Waals surface area contributed by atoms with Gasteiger partial charge in [0.05, 0.1) is 7.11 Å². The van der Waals surface area contributed by atoms with Crippen molar-refractivity contribution >= 4 is 0 Å². The summed E-state index contributed by atoms with van der Waals surface area (Å²) in [5.74, 6) is 7.87. The van der Waals surface area contributed by atoms with Crippen LogP contribution in [0.1, 0.15) is 31.9 Å². The molecule has 2 rings (SSSR count). The van der Waals surface area contributed by atoms with Crippen LogP contribution in [0.5, 0.6) is 11.5 Å². The van der Waals surface area contributed by atoms with Gasteiger partial charge < -0.3 is 9.47 Å². The predicted molar refractivity (Wildman–Crippen MR) is 116 cm³/mol. The van der Waals surface area contributed by atoms with Gasteiger partial charge in [0.1, 0.15) is 6.61 Å². The zero-order chi connectivity index (χ0) is 20.4. The van der Waals surface area contributed by atoms with E-state index in [4.69, 9.17) is 9.47 Å². The molecule has 0 fully saturated rings. The summed E-state index contributed by atoms with van der Waals surface area (Å²) in [6.45, 7) is 8.43. The van der Waals surface area contributed by atoms with E-state index >= 15 is 0 Å². The number of nitrogens with zero attached hydrogens (tertiary/aromatic N) is 1. The van der Waals surface area contributed by atoms with Crippen molar-refractivity contribution < 1.29 is 9.47 Å². The molecule has 0 unspecified atom stereocenters. The summed E-state index contributed by atoms with van der Waals surface area (Å²) in [7, 11) is 3.77. The molecular weight excluding hydrogens is 346 g/mol. The number of rotatable bonds is 8. The monoisotopic (exact) mass is 377 g/mol. The summed E-state index contributed by atoms with van der Waals surface area (Å²) >= 11 is 0. The molecule has 0 saturated heterocycles. The summed E-state index contributed by atoms with van der Waals surface area (Å²) in [5, 5.41) is 0. The minimum Gasteiger partial charge on any atom is -0.493 e. The Hall–Kier alpha value is -2.70. The third-order valence-electron chi connectivity index (χ3n) is 4.01. The topological polar surface area (TPSA) is 21.7 Å². The van der Waals surface area contributed by atoms with E-state index in [9.17, 15) is 0 Å². The van der Waals surface area contributed by atoms with Gasteiger partial charge in [0, 0.05) is 24.1 Å². The van der Waals surface area contributed by atoms with E-state index in [1.54, 1.807) is 7.11 Å². The highest BCUT2D eigenvalue weighted by Gasteiger charge is 2.12. The second-order valence-electron chi connectivity index (χ2n) is 7.84. The molecule has 0 bridgehead atoms.